The van der Waals surface area contributed by atoms with Gasteiger partial charge in [-0.1, -0.05) is 15.9 Å². The van der Waals surface area contributed by atoms with Gasteiger partial charge in [-0.2, -0.15) is 0 Å². The SMILES string of the molecule is COCc1cc(C=O)ccc1OCCCBr. The fraction of sp³-hybridized carbons (Fsp3) is 0.417. The van der Waals surface area contributed by atoms with Crippen molar-refractivity contribution in [1.82, 2.24) is 0 Å². The van der Waals surface area contributed by atoms with Crippen LogP contribution in [0.15, 0.2) is 18.2 Å². The number of aldehydes is 1. The van der Waals surface area contributed by atoms with Gasteiger partial charge in [0.25, 0.3) is 0 Å². The Balaban J connectivity index is 2.76. The van der Waals surface area contributed by atoms with Gasteiger partial charge in [0.05, 0.1) is 13.2 Å². The highest BCUT2D eigenvalue weighted by molar-refractivity contribution is 9.09. The highest BCUT2D eigenvalue weighted by Gasteiger charge is 2.04. The molecule has 0 aromatic heterocycles. The van der Waals surface area contributed by atoms with Gasteiger partial charge in [-0.05, 0) is 24.6 Å². The topological polar surface area (TPSA) is 35.5 Å². The number of carbonyl (C=O) groups is 1. The second-order valence-electron chi connectivity index (χ2n) is 3.31. The predicted octanol–water partition coefficient (Wildman–Crippen LogP) is 2.81. The van der Waals surface area contributed by atoms with Crippen molar-refractivity contribution >= 4 is 22.2 Å². The predicted molar refractivity (Wildman–Crippen MR) is 66.4 cm³/mol. The Kier molecular flexibility index (Phi) is 6.11. The van der Waals surface area contributed by atoms with Crippen LogP contribution in [0.5, 0.6) is 5.75 Å². The molecule has 1 rings (SSSR count). The molecule has 16 heavy (non-hydrogen) atoms. The Labute approximate surface area is 104 Å². The van der Waals surface area contributed by atoms with Gasteiger partial charge in [-0.3, -0.25) is 4.79 Å². The number of rotatable bonds is 7. The van der Waals surface area contributed by atoms with E-state index in [1.165, 1.54) is 0 Å². The van der Waals surface area contributed by atoms with Crippen molar-refractivity contribution in [2.75, 3.05) is 19.0 Å². The highest BCUT2D eigenvalue weighted by Crippen LogP contribution is 2.20. The molecule has 0 fully saturated rings. The number of hydrogen-bond donors (Lipinski definition) is 0. The van der Waals surface area contributed by atoms with E-state index in [1.54, 1.807) is 19.2 Å². The van der Waals surface area contributed by atoms with Crippen molar-refractivity contribution in [2.45, 2.75) is 13.0 Å². The molecule has 0 aliphatic carbocycles. The average Bonchev–Trinajstić information content (AvgIpc) is 2.31. The van der Waals surface area contributed by atoms with Crippen LogP contribution in [-0.4, -0.2) is 25.3 Å². The Morgan fingerprint density at radius 2 is 2.25 bits per heavy atom. The van der Waals surface area contributed by atoms with Crippen molar-refractivity contribution in [3.05, 3.63) is 29.3 Å². The first kappa shape index (κ1) is 13.2. The molecular weight excluding hydrogens is 272 g/mol. The summed E-state index contributed by atoms with van der Waals surface area (Å²) in [5.74, 6) is 0.786. The molecule has 0 unspecified atom stereocenters. The van der Waals surface area contributed by atoms with Crippen LogP contribution < -0.4 is 4.74 Å². The Hall–Kier alpha value is -0.870. The van der Waals surface area contributed by atoms with Crippen molar-refractivity contribution in [3.63, 3.8) is 0 Å². The summed E-state index contributed by atoms with van der Waals surface area (Å²) in [6, 6.07) is 5.35. The number of benzene rings is 1. The van der Waals surface area contributed by atoms with Crippen molar-refractivity contribution < 1.29 is 14.3 Å². The van der Waals surface area contributed by atoms with Crippen LogP contribution in [0.3, 0.4) is 0 Å². The maximum Gasteiger partial charge on any atom is 0.150 e. The summed E-state index contributed by atoms with van der Waals surface area (Å²) >= 11 is 3.34. The minimum absolute atomic E-state index is 0.450. The normalized spacial score (nSPS) is 10.1. The van der Waals surface area contributed by atoms with Crippen molar-refractivity contribution in [2.24, 2.45) is 0 Å². The van der Waals surface area contributed by atoms with E-state index in [2.05, 4.69) is 15.9 Å². The van der Waals surface area contributed by atoms with Crippen LogP contribution in [0.25, 0.3) is 0 Å². The molecule has 1 aromatic carbocycles. The molecular formula is C12H15BrO3. The molecule has 0 bridgehead atoms. The van der Waals surface area contributed by atoms with Gasteiger partial charge in [0.15, 0.2) is 0 Å². The van der Waals surface area contributed by atoms with E-state index in [1.807, 2.05) is 6.07 Å². The number of halogens is 1. The van der Waals surface area contributed by atoms with Gasteiger partial charge in [-0.25, -0.2) is 0 Å². The van der Waals surface area contributed by atoms with Gasteiger partial charge in [-0.15, -0.1) is 0 Å². The van der Waals surface area contributed by atoms with Gasteiger partial charge in [0.2, 0.25) is 0 Å². The second kappa shape index (κ2) is 7.41. The van der Waals surface area contributed by atoms with Gasteiger partial charge in [0, 0.05) is 23.6 Å². The smallest absolute Gasteiger partial charge is 0.150 e. The fourth-order valence-electron chi connectivity index (χ4n) is 1.32. The summed E-state index contributed by atoms with van der Waals surface area (Å²) < 4.78 is 10.7. The fourth-order valence-corrected chi connectivity index (χ4v) is 1.55. The van der Waals surface area contributed by atoms with E-state index in [0.717, 1.165) is 29.4 Å². The molecule has 88 valence electrons. The van der Waals surface area contributed by atoms with Crippen LogP contribution >= 0.6 is 15.9 Å². The quantitative estimate of drug-likeness (QED) is 0.439. The molecule has 0 saturated carbocycles. The lowest BCUT2D eigenvalue weighted by atomic mass is 10.1. The van der Waals surface area contributed by atoms with Gasteiger partial charge in [0.1, 0.15) is 12.0 Å². The third-order valence-electron chi connectivity index (χ3n) is 2.06. The Morgan fingerprint density at radius 1 is 1.44 bits per heavy atom. The summed E-state index contributed by atoms with van der Waals surface area (Å²) in [5, 5.41) is 0.916. The summed E-state index contributed by atoms with van der Waals surface area (Å²) in [6.07, 6.45) is 1.77. The Bertz CT molecular complexity index is 339. The Morgan fingerprint density at radius 3 is 2.88 bits per heavy atom. The molecule has 0 aliphatic heterocycles. The zero-order chi connectivity index (χ0) is 11.8. The van der Waals surface area contributed by atoms with Gasteiger partial charge >= 0.3 is 0 Å². The van der Waals surface area contributed by atoms with E-state index < -0.39 is 0 Å². The maximum absolute atomic E-state index is 10.6. The van der Waals surface area contributed by atoms with Crippen molar-refractivity contribution in [3.8, 4) is 5.75 Å². The summed E-state index contributed by atoms with van der Waals surface area (Å²) in [6.45, 7) is 1.10. The standard InChI is InChI=1S/C12H15BrO3/c1-15-9-11-7-10(8-14)3-4-12(11)16-6-2-5-13/h3-4,7-8H,2,5-6,9H2,1H3. The summed E-state index contributed by atoms with van der Waals surface area (Å²) in [7, 11) is 1.62. The molecule has 3 nitrogen and oxygen atoms in total. The van der Waals surface area contributed by atoms with E-state index in [-0.39, 0.29) is 0 Å². The number of ether oxygens (including phenoxy) is 2. The number of methoxy groups -OCH3 is 1. The molecule has 1 aromatic rings. The first-order valence-electron chi connectivity index (χ1n) is 5.07. The average molecular weight is 287 g/mol. The zero-order valence-corrected chi connectivity index (χ0v) is 10.8. The van der Waals surface area contributed by atoms with E-state index in [9.17, 15) is 4.79 Å². The van der Waals surface area contributed by atoms with E-state index in [4.69, 9.17) is 9.47 Å². The maximum atomic E-state index is 10.6. The molecule has 0 N–H and O–H groups in total. The molecule has 0 spiro atoms. The van der Waals surface area contributed by atoms with Crippen LogP contribution in [0, 0.1) is 0 Å². The van der Waals surface area contributed by atoms with E-state index >= 15 is 0 Å². The molecule has 0 atom stereocenters. The second-order valence-corrected chi connectivity index (χ2v) is 4.10. The molecule has 0 amide bonds. The van der Waals surface area contributed by atoms with Gasteiger partial charge < -0.3 is 9.47 Å². The monoisotopic (exact) mass is 286 g/mol. The van der Waals surface area contributed by atoms with E-state index in [0.29, 0.717) is 18.8 Å². The van der Waals surface area contributed by atoms with Crippen LogP contribution in [0.4, 0.5) is 0 Å². The summed E-state index contributed by atoms with van der Waals surface area (Å²) in [4.78, 5) is 10.6. The number of carbonyl (C=O) groups excluding carboxylic acids is 1. The molecule has 0 radical (unpaired) electrons. The number of alkyl halides is 1. The molecule has 0 aliphatic rings. The van der Waals surface area contributed by atoms with Crippen LogP contribution in [0.2, 0.25) is 0 Å². The highest BCUT2D eigenvalue weighted by atomic mass is 79.9. The van der Waals surface area contributed by atoms with Crippen LogP contribution in [-0.2, 0) is 11.3 Å². The lowest BCUT2D eigenvalue weighted by Gasteiger charge is -2.11. The molecule has 4 heteroatoms. The molecule has 0 heterocycles. The van der Waals surface area contributed by atoms with Crippen LogP contribution in [0.1, 0.15) is 22.3 Å². The minimum Gasteiger partial charge on any atom is -0.493 e. The third kappa shape index (κ3) is 3.94. The zero-order valence-electron chi connectivity index (χ0n) is 9.24. The lowest BCUT2D eigenvalue weighted by Crippen LogP contribution is -2.02. The largest absolute Gasteiger partial charge is 0.493 e. The first-order valence-corrected chi connectivity index (χ1v) is 6.19. The minimum atomic E-state index is 0.450. The number of hydrogen-bond acceptors (Lipinski definition) is 3. The summed E-state index contributed by atoms with van der Waals surface area (Å²) in [5.41, 5.74) is 1.54. The first-order chi connectivity index (χ1) is 7.81. The third-order valence-corrected chi connectivity index (χ3v) is 2.62. The van der Waals surface area contributed by atoms with Crippen molar-refractivity contribution in [1.29, 1.82) is 0 Å². The molecule has 0 saturated heterocycles. The lowest BCUT2D eigenvalue weighted by molar-refractivity contribution is 0.112.